The fourth-order valence-electron chi connectivity index (χ4n) is 2.13. The van der Waals surface area contributed by atoms with E-state index in [0.29, 0.717) is 5.56 Å². The minimum absolute atomic E-state index is 0.0676. The van der Waals surface area contributed by atoms with Crippen molar-refractivity contribution in [2.75, 3.05) is 5.88 Å². The number of para-hydroxylation sites is 1. The van der Waals surface area contributed by atoms with Crippen LogP contribution in [0.25, 0.3) is 5.69 Å². The zero-order valence-corrected chi connectivity index (χ0v) is 12.6. The van der Waals surface area contributed by atoms with Crippen molar-refractivity contribution in [1.82, 2.24) is 14.7 Å². The van der Waals surface area contributed by atoms with Crippen LogP contribution in [-0.4, -0.2) is 28.2 Å². The van der Waals surface area contributed by atoms with Crippen LogP contribution in [0.3, 0.4) is 0 Å². The van der Waals surface area contributed by atoms with Gasteiger partial charge in [-0.05, 0) is 19.1 Å². The van der Waals surface area contributed by atoms with Crippen LogP contribution in [0.15, 0.2) is 35.1 Å². The summed E-state index contributed by atoms with van der Waals surface area (Å²) >= 11 is 0. The first-order valence-electron chi connectivity index (χ1n) is 6.30. The summed E-state index contributed by atoms with van der Waals surface area (Å²) in [6.07, 6.45) is 0. The molecule has 0 spiro atoms. The van der Waals surface area contributed by atoms with Gasteiger partial charge in [-0.15, -0.1) is 0 Å². The maximum atomic E-state index is 12.5. The average Bonchev–Trinajstić information content (AvgIpc) is 2.62. The fraction of sp³-hybridized carbons (Fsp3) is 0.308. The molecule has 0 atom stereocenters. The van der Waals surface area contributed by atoms with Gasteiger partial charge in [0.1, 0.15) is 5.88 Å². The van der Waals surface area contributed by atoms with E-state index < -0.39 is 16.0 Å². The molecule has 2 rings (SSSR count). The Hall–Kier alpha value is -1.90. The number of hydrogen-bond donors (Lipinski definition) is 2. The molecule has 1 aromatic heterocycles. The van der Waals surface area contributed by atoms with Gasteiger partial charge in [-0.3, -0.25) is 19.3 Å². The van der Waals surface area contributed by atoms with E-state index in [1.54, 1.807) is 18.7 Å². The lowest BCUT2D eigenvalue weighted by molar-refractivity contribution is 0.476. The van der Waals surface area contributed by atoms with Crippen LogP contribution in [0.2, 0.25) is 0 Å². The Morgan fingerprint density at radius 2 is 1.86 bits per heavy atom. The van der Waals surface area contributed by atoms with Gasteiger partial charge in [-0.25, -0.2) is 4.68 Å². The summed E-state index contributed by atoms with van der Waals surface area (Å²) in [6.45, 7) is 1.85. The van der Waals surface area contributed by atoms with Gasteiger partial charge in [0.2, 0.25) is 0 Å². The largest absolute Gasteiger partial charge is 0.297 e. The molecule has 2 aromatic rings. The minimum Gasteiger partial charge on any atom is -0.297 e. The molecule has 1 heterocycles. The van der Waals surface area contributed by atoms with E-state index in [1.165, 1.54) is 4.68 Å². The Morgan fingerprint density at radius 3 is 2.43 bits per heavy atom. The second-order valence-corrected chi connectivity index (χ2v) is 6.15. The predicted molar refractivity (Wildman–Crippen MR) is 79.0 cm³/mol. The number of nitrogens with one attached hydrogen (secondary N) is 1. The van der Waals surface area contributed by atoms with Gasteiger partial charge in [0.15, 0.2) is 0 Å². The molecule has 0 saturated carbocycles. The van der Waals surface area contributed by atoms with Crippen molar-refractivity contribution in [3.8, 4) is 5.69 Å². The van der Waals surface area contributed by atoms with Crippen LogP contribution in [0.5, 0.6) is 0 Å². The molecule has 0 aliphatic rings. The number of nitrogens with zero attached hydrogens (tertiary/aromatic N) is 2. The SMILES string of the molecule is Cc1c(CNCS(=O)(=O)O)c(=O)n(-c2ccccc2)n1C. The van der Waals surface area contributed by atoms with Gasteiger partial charge in [-0.2, -0.15) is 8.42 Å². The Kier molecular flexibility index (Phi) is 4.31. The molecule has 0 aliphatic heterocycles. The van der Waals surface area contributed by atoms with Crippen molar-refractivity contribution in [2.24, 2.45) is 7.05 Å². The summed E-state index contributed by atoms with van der Waals surface area (Å²) in [5, 5.41) is 2.55. The van der Waals surface area contributed by atoms with Gasteiger partial charge in [0, 0.05) is 19.3 Å². The van der Waals surface area contributed by atoms with E-state index in [0.717, 1.165) is 11.4 Å². The van der Waals surface area contributed by atoms with E-state index in [9.17, 15) is 13.2 Å². The van der Waals surface area contributed by atoms with E-state index in [4.69, 9.17) is 4.55 Å². The molecule has 2 N–H and O–H groups in total. The van der Waals surface area contributed by atoms with Gasteiger partial charge in [-0.1, -0.05) is 18.2 Å². The van der Waals surface area contributed by atoms with Crippen LogP contribution in [-0.2, 0) is 23.7 Å². The molecule has 114 valence electrons. The lowest BCUT2D eigenvalue weighted by atomic mass is 10.2. The third-order valence-corrected chi connectivity index (χ3v) is 3.83. The smallest absolute Gasteiger partial charge is 0.278 e. The predicted octanol–water partition coefficient (Wildman–Crippen LogP) is 0.419. The van der Waals surface area contributed by atoms with Gasteiger partial charge in [0.05, 0.1) is 11.3 Å². The van der Waals surface area contributed by atoms with Gasteiger partial charge >= 0.3 is 0 Å². The summed E-state index contributed by atoms with van der Waals surface area (Å²) in [6, 6.07) is 9.16. The monoisotopic (exact) mass is 311 g/mol. The summed E-state index contributed by atoms with van der Waals surface area (Å²) in [7, 11) is -2.34. The summed E-state index contributed by atoms with van der Waals surface area (Å²) in [5.74, 6) is -0.591. The number of aromatic nitrogens is 2. The quantitative estimate of drug-likeness (QED) is 0.781. The first kappa shape index (κ1) is 15.5. The Morgan fingerprint density at radius 1 is 1.24 bits per heavy atom. The highest BCUT2D eigenvalue weighted by atomic mass is 32.2. The van der Waals surface area contributed by atoms with Gasteiger partial charge in [0.25, 0.3) is 15.7 Å². The fourth-order valence-corrected chi connectivity index (χ4v) is 2.49. The van der Waals surface area contributed by atoms with Crippen molar-refractivity contribution in [3.05, 3.63) is 51.9 Å². The van der Waals surface area contributed by atoms with Crippen molar-refractivity contribution >= 4 is 10.1 Å². The normalized spacial score (nSPS) is 11.8. The third kappa shape index (κ3) is 3.41. The first-order valence-corrected chi connectivity index (χ1v) is 7.91. The zero-order valence-electron chi connectivity index (χ0n) is 11.8. The standard InChI is InChI=1S/C13H17N3O4S/c1-10-12(8-14-9-21(18,19)20)13(17)16(15(10)2)11-6-4-3-5-7-11/h3-7,14H,8-9H2,1-2H3,(H,18,19,20). The molecule has 0 bridgehead atoms. The van der Waals surface area contributed by atoms with Crippen LogP contribution < -0.4 is 10.9 Å². The molecule has 0 radical (unpaired) electrons. The Balaban J connectivity index is 2.35. The molecule has 21 heavy (non-hydrogen) atoms. The maximum absolute atomic E-state index is 12.5. The number of rotatable bonds is 5. The summed E-state index contributed by atoms with van der Waals surface area (Å²) in [5.41, 5.74) is 1.70. The highest BCUT2D eigenvalue weighted by molar-refractivity contribution is 7.85. The zero-order chi connectivity index (χ0) is 15.6. The third-order valence-electron chi connectivity index (χ3n) is 3.26. The van der Waals surface area contributed by atoms with Crippen LogP contribution in [0.4, 0.5) is 0 Å². The average molecular weight is 311 g/mol. The van der Waals surface area contributed by atoms with E-state index in [1.807, 2.05) is 30.3 Å². The maximum Gasteiger partial charge on any atom is 0.278 e. The lowest BCUT2D eigenvalue weighted by Crippen LogP contribution is -2.26. The van der Waals surface area contributed by atoms with Crippen molar-refractivity contribution in [1.29, 1.82) is 0 Å². The van der Waals surface area contributed by atoms with E-state index in [-0.39, 0.29) is 12.1 Å². The summed E-state index contributed by atoms with van der Waals surface area (Å²) < 4.78 is 33.3. The molecule has 0 fully saturated rings. The van der Waals surface area contributed by atoms with Crippen LogP contribution in [0.1, 0.15) is 11.3 Å². The molecule has 7 nitrogen and oxygen atoms in total. The second kappa shape index (κ2) is 5.84. The van der Waals surface area contributed by atoms with Crippen molar-refractivity contribution < 1.29 is 13.0 Å². The number of benzene rings is 1. The molecule has 1 aromatic carbocycles. The second-order valence-electron chi connectivity index (χ2n) is 4.69. The molecule has 0 amide bonds. The number of hydrogen-bond acceptors (Lipinski definition) is 4. The molecule has 0 aliphatic carbocycles. The van der Waals surface area contributed by atoms with Crippen molar-refractivity contribution in [3.63, 3.8) is 0 Å². The van der Waals surface area contributed by atoms with Crippen LogP contribution >= 0.6 is 0 Å². The van der Waals surface area contributed by atoms with Crippen LogP contribution in [0, 0.1) is 6.92 Å². The van der Waals surface area contributed by atoms with Crippen molar-refractivity contribution in [2.45, 2.75) is 13.5 Å². The van der Waals surface area contributed by atoms with Gasteiger partial charge < -0.3 is 0 Å². The molecular weight excluding hydrogens is 294 g/mol. The van der Waals surface area contributed by atoms with E-state index >= 15 is 0 Å². The molecular formula is C13H17N3O4S. The van der Waals surface area contributed by atoms with E-state index in [2.05, 4.69) is 5.32 Å². The highest BCUT2D eigenvalue weighted by Crippen LogP contribution is 2.09. The molecule has 0 saturated heterocycles. The topological polar surface area (TPSA) is 93.3 Å². The molecule has 0 unspecified atom stereocenters. The Bertz CT molecular complexity index is 791. The first-order chi connectivity index (χ1) is 9.81. The summed E-state index contributed by atoms with van der Waals surface area (Å²) in [4.78, 5) is 12.5. The minimum atomic E-state index is -4.10. The highest BCUT2D eigenvalue weighted by Gasteiger charge is 2.16. The lowest BCUT2D eigenvalue weighted by Gasteiger charge is -2.07. The Labute approximate surface area is 122 Å². The molecule has 8 heteroatoms.